The van der Waals surface area contributed by atoms with Gasteiger partial charge in [0.1, 0.15) is 4.47 Å². The van der Waals surface area contributed by atoms with Gasteiger partial charge in [0.25, 0.3) is 0 Å². The molecule has 2 aromatic rings. The van der Waals surface area contributed by atoms with Gasteiger partial charge in [0.15, 0.2) is 0 Å². The molecule has 7 heteroatoms. The third kappa shape index (κ3) is 2.55. The van der Waals surface area contributed by atoms with Crippen molar-refractivity contribution in [1.29, 1.82) is 5.26 Å². The Balaban J connectivity index is 2.21. The normalized spacial score (nSPS) is 10.0. The fourth-order valence-corrected chi connectivity index (χ4v) is 1.92. The molecule has 0 unspecified atom stereocenters. The summed E-state index contributed by atoms with van der Waals surface area (Å²) < 4.78 is 1.82. The highest BCUT2D eigenvalue weighted by Gasteiger charge is 2.18. The molecule has 2 rings (SSSR count). The first kappa shape index (κ1) is 12.3. The van der Waals surface area contributed by atoms with E-state index in [0.29, 0.717) is 16.6 Å². The van der Waals surface area contributed by atoms with Gasteiger partial charge in [-0.2, -0.15) is 9.94 Å². The number of hydrogen-bond donors (Lipinski definition) is 0. The Kier molecular flexibility index (Phi) is 3.39. The lowest BCUT2D eigenvalue weighted by Crippen LogP contribution is -2.01. The molecule has 6 nitrogen and oxygen atoms in total. The molecule has 18 heavy (non-hydrogen) atoms. The van der Waals surface area contributed by atoms with Crippen LogP contribution < -0.4 is 0 Å². The minimum absolute atomic E-state index is 0.205. The summed E-state index contributed by atoms with van der Waals surface area (Å²) in [6.07, 6.45) is 1.55. The zero-order valence-electron chi connectivity index (χ0n) is 9.08. The summed E-state index contributed by atoms with van der Waals surface area (Å²) in [6.45, 7) is 0.415. The van der Waals surface area contributed by atoms with E-state index in [1.807, 2.05) is 6.07 Å². The predicted molar refractivity (Wildman–Crippen MR) is 66.8 cm³/mol. The minimum atomic E-state index is -0.542. The molecular formula is C11H7BrN4O2. The molecule has 0 aliphatic carbocycles. The highest BCUT2D eigenvalue weighted by atomic mass is 79.9. The Morgan fingerprint density at radius 3 is 2.61 bits per heavy atom. The minimum Gasteiger partial charge on any atom is -0.358 e. The number of benzene rings is 1. The molecule has 90 valence electrons. The number of aromatic nitrogens is 2. The van der Waals surface area contributed by atoms with E-state index >= 15 is 0 Å². The van der Waals surface area contributed by atoms with Gasteiger partial charge in [-0.25, -0.2) is 0 Å². The van der Waals surface area contributed by atoms with E-state index in [1.165, 1.54) is 4.68 Å². The van der Waals surface area contributed by atoms with Crippen molar-refractivity contribution < 1.29 is 4.92 Å². The van der Waals surface area contributed by atoms with E-state index in [2.05, 4.69) is 21.0 Å². The lowest BCUT2D eigenvalue weighted by atomic mass is 10.1. The Morgan fingerprint density at radius 1 is 1.44 bits per heavy atom. The Hall–Kier alpha value is -2.20. The first-order valence-corrected chi connectivity index (χ1v) is 5.76. The molecule has 0 bridgehead atoms. The van der Waals surface area contributed by atoms with Gasteiger partial charge in [-0.05, 0) is 38.5 Å². The molecule has 0 N–H and O–H groups in total. The van der Waals surface area contributed by atoms with Crippen molar-refractivity contribution in [2.45, 2.75) is 6.54 Å². The Morgan fingerprint density at radius 2 is 2.11 bits per heavy atom. The summed E-state index contributed by atoms with van der Waals surface area (Å²) in [5, 5.41) is 23.2. The van der Waals surface area contributed by atoms with E-state index < -0.39 is 4.92 Å². The van der Waals surface area contributed by atoms with Crippen LogP contribution in [0.2, 0.25) is 0 Å². The van der Waals surface area contributed by atoms with Crippen molar-refractivity contribution >= 4 is 21.7 Å². The van der Waals surface area contributed by atoms with E-state index in [1.54, 1.807) is 30.5 Å². The second-order valence-electron chi connectivity index (χ2n) is 3.56. The van der Waals surface area contributed by atoms with Crippen LogP contribution in [0.4, 0.5) is 5.82 Å². The van der Waals surface area contributed by atoms with Gasteiger partial charge >= 0.3 is 5.82 Å². The standard InChI is InChI=1S/C11H7BrN4O2/c12-10-7-15(14-11(10)16(17)18)6-9-3-1-8(5-13)2-4-9/h1-4,7H,6H2. The van der Waals surface area contributed by atoms with Gasteiger partial charge in [-0.3, -0.25) is 0 Å². The summed E-state index contributed by atoms with van der Waals surface area (Å²) in [6, 6.07) is 9.00. The maximum absolute atomic E-state index is 10.6. The first-order chi connectivity index (χ1) is 8.60. The van der Waals surface area contributed by atoms with Crippen molar-refractivity contribution in [2.24, 2.45) is 0 Å². The molecule has 1 heterocycles. The van der Waals surface area contributed by atoms with Crippen molar-refractivity contribution in [3.05, 3.63) is 56.2 Å². The third-order valence-corrected chi connectivity index (χ3v) is 2.86. The lowest BCUT2D eigenvalue weighted by molar-refractivity contribution is -0.390. The SMILES string of the molecule is N#Cc1ccc(Cn2cc(Br)c([N+](=O)[O-])n2)cc1. The van der Waals surface area contributed by atoms with Crippen LogP contribution in [0.3, 0.4) is 0 Å². The van der Waals surface area contributed by atoms with Crippen molar-refractivity contribution in [1.82, 2.24) is 9.78 Å². The molecule has 0 spiro atoms. The van der Waals surface area contributed by atoms with E-state index in [0.717, 1.165) is 5.56 Å². The number of nitriles is 1. The van der Waals surface area contributed by atoms with Crippen LogP contribution in [0.5, 0.6) is 0 Å². The van der Waals surface area contributed by atoms with E-state index in [-0.39, 0.29) is 5.82 Å². The molecule has 0 saturated heterocycles. The largest absolute Gasteiger partial charge is 0.404 e. The van der Waals surface area contributed by atoms with Crippen LogP contribution >= 0.6 is 15.9 Å². The second kappa shape index (κ2) is 4.98. The molecule has 0 atom stereocenters. The zero-order chi connectivity index (χ0) is 13.1. The number of nitro groups is 1. The predicted octanol–water partition coefficient (Wildman–Crippen LogP) is 2.47. The third-order valence-electron chi connectivity index (χ3n) is 2.30. The Labute approximate surface area is 111 Å². The quantitative estimate of drug-likeness (QED) is 0.644. The molecule has 0 saturated carbocycles. The van der Waals surface area contributed by atoms with Gasteiger partial charge in [0.2, 0.25) is 0 Å². The van der Waals surface area contributed by atoms with Crippen LogP contribution in [0.25, 0.3) is 0 Å². The molecule has 0 aliphatic heterocycles. The average molecular weight is 307 g/mol. The van der Waals surface area contributed by atoms with Crippen LogP contribution in [-0.4, -0.2) is 14.7 Å². The molecule has 1 aromatic heterocycles. The fraction of sp³-hybridized carbons (Fsp3) is 0.0909. The summed E-state index contributed by atoms with van der Waals surface area (Å²) in [4.78, 5) is 10.1. The molecular weight excluding hydrogens is 300 g/mol. The highest BCUT2D eigenvalue weighted by molar-refractivity contribution is 9.10. The molecule has 0 amide bonds. The van der Waals surface area contributed by atoms with Crippen LogP contribution in [0.1, 0.15) is 11.1 Å². The zero-order valence-corrected chi connectivity index (χ0v) is 10.7. The van der Waals surface area contributed by atoms with E-state index in [4.69, 9.17) is 5.26 Å². The van der Waals surface area contributed by atoms with Crippen LogP contribution in [0.15, 0.2) is 34.9 Å². The molecule has 1 aromatic carbocycles. The number of rotatable bonds is 3. The topological polar surface area (TPSA) is 84.8 Å². The summed E-state index contributed by atoms with van der Waals surface area (Å²) >= 11 is 3.09. The Bertz CT molecular complexity index is 627. The molecule has 0 radical (unpaired) electrons. The van der Waals surface area contributed by atoms with Crippen LogP contribution in [-0.2, 0) is 6.54 Å². The smallest absolute Gasteiger partial charge is 0.358 e. The maximum Gasteiger partial charge on any atom is 0.404 e. The first-order valence-electron chi connectivity index (χ1n) is 4.96. The van der Waals surface area contributed by atoms with Gasteiger partial charge in [0, 0.05) is 0 Å². The molecule has 0 fully saturated rings. The highest BCUT2D eigenvalue weighted by Crippen LogP contribution is 2.22. The second-order valence-corrected chi connectivity index (χ2v) is 4.42. The van der Waals surface area contributed by atoms with Gasteiger partial charge in [-0.1, -0.05) is 12.1 Å². The van der Waals surface area contributed by atoms with Crippen molar-refractivity contribution in [3.8, 4) is 6.07 Å². The summed E-state index contributed by atoms with van der Waals surface area (Å²) in [5.41, 5.74) is 1.49. The number of hydrogen-bond acceptors (Lipinski definition) is 4. The monoisotopic (exact) mass is 306 g/mol. The van der Waals surface area contributed by atoms with Crippen molar-refractivity contribution in [2.75, 3.05) is 0 Å². The van der Waals surface area contributed by atoms with E-state index in [9.17, 15) is 10.1 Å². The van der Waals surface area contributed by atoms with Gasteiger partial charge in [0.05, 0.1) is 29.5 Å². The van der Waals surface area contributed by atoms with Crippen molar-refractivity contribution in [3.63, 3.8) is 0 Å². The summed E-state index contributed by atoms with van der Waals surface area (Å²) in [7, 11) is 0. The maximum atomic E-state index is 10.6. The lowest BCUT2D eigenvalue weighted by Gasteiger charge is -1.97. The average Bonchev–Trinajstić information content (AvgIpc) is 2.71. The fourth-order valence-electron chi connectivity index (χ4n) is 1.46. The number of nitrogens with zero attached hydrogens (tertiary/aromatic N) is 4. The summed E-state index contributed by atoms with van der Waals surface area (Å²) in [5.74, 6) is -0.205. The molecule has 0 aliphatic rings. The van der Waals surface area contributed by atoms with Crippen LogP contribution in [0, 0.1) is 21.4 Å². The van der Waals surface area contributed by atoms with Gasteiger partial charge in [-0.15, -0.1) is 0 Å². The number of halogens is 1. The van der Waals surface area contributed by atoms with Gasteiger partial charge < -0.3 is 10.1 Å².